The maximum atomic E-state index is 14.8. The number of fused-ring (bicyclic) bond motifs is 2. The van der Waals surface area contributed by atoms with Crippen molar-refractivity contribution in [2.45, 2.75) is 117 Å². The van der Waals surface area contributed by atoms with Crippen LogP contribution < -0.4 is 5.32 Å². The molecule has 43 heavy (non-hydrogen) atoms. The molecule has 0 aromatic rings. The van der Waals surface area contributed by atoms with E-state index in [4.69, 9.17) is 9.47 Å². The predicted octanol–water partition coefficient (Wildman–Crippen LogP) is 2.99. The van der Waals surface area contributed by atoms with Crippen LogP contribution in [0.5, 0.6) is 0 Å². The van der Waals surface area contributed by atoms with Crippen molar-refractivity contribution in [3.05, 3.63) is 24.3 Å². The second kappa shape index (κ2) is 12.3. The molecule has 2 N–H and O–H groups in total. The number of allylic oxidation sites excluding steroid dienone is 1. The number of hydrogen-bond donors (Lipinski definition) is 2. The topological polar surface area (TPSA) is 125 Å². The number of carbonyl (C=O) groups is 4. The summed E-state index contributed by atoms with van der Waals surface area (Å²) in [5.74, 6) is -3.26. The summed E-state index contributed by atoms with van der Waals surface area (Å²) in [7, 11) is 0. The first kappa shape index (κ1) is 33.2. The van der Waals surface area contributed by atoms with Crippen LogP contribution in [0.25, 0.3) is 0 Å². The lowest BCUT2D eigenvalue weighted by molar-refractivity contribution is -0.160. The van der Waals surface area contributed by atoms with E-state index in [1.165, 1.54) is 4.90 Å². The zero-order valence-electron chi connectivity index (χ0n) is 27.1. The van der Waals surface area contributed by atoms with Crippen LogP contribution in [0, 0.1) is 23.2 Å². The molecule has 1 spiro atoms. The minimum Gasteiger partial charge on any atom is -0.460 e. The van der Waals surface area contributed by atoms with Crippen molar-refractivity contribution in [2.24, 2.45) is 23.2 Å². The number of aliphatic hydroxyl groups excluding tert-OH is 1. The second-order valence-electron chi connectivity index (χ2n) is 15.0. The molecule has 3 amide bonds. The lowest BCUT2D eigenvalue weighted by Gasteiger charge is -2.45. The van der Waals surface area contributed by atoms with E-state index in [2.05, 4.69) is 26.1 Å². The van der Waals surface area contributed by atoms with E-state index in [1.54, 1.807) is 19.1 Å². The highest BCUT2D eigenvalue weighted by atomic mass is 16.6. The van der Waals surface area contributed by atoms with Gasteiger partial charge in [0.05, 0.1) is 31.2 Å². The van der Waals surface area contributed by atoms with Gasteiger partial charge in [0.2, 0.25) is 17.7 Å². The molecule has 4 rings (SSSR count). The Morgan fingerprint density at radius 2 is 1.79 bits per heavy atom. The van der Waals surface area contributed by atoms with Gasteiger partial charge in [-0.1, -0.05) is 58.9 Å². The van der Waals surface area contributed by atoms with Gasteiger partial charge in [0.1, 0.15) is 23.7 Å². The average Bonchev–Trinajstić information content (AvgIpc) is 3.26. The van der Waals surface area contributed by atoms with Gasteiger partial charge in [0, 0.05) is 18.5 Å². The number of nitrogens with one attached hydrogen (secondary N) is 1. The van der Waals surface area contributed by atoms with Gasteiger partial charge in [0.25, 0.3) is 0 Å². The third-order valence-corrected chi connectivity index (χ3v) is 9.01. The fourth-order valence-electron chi connectivity index (χ4n) is 7.75. The zero-order chi connectivity index (χ0) is 31.9. The van der Waals surface area contributed by atoms with E-state index in [0.29, 0.717) is 19.4 Å². The number of likely N-dealkylation sites (tertiary alicyclic amines) is 1. The molecule has 10 nitrogen and oxygen atoms in total. The molecule has 2 saturated heterocycles. The van der Waals surface area contributed by atoms with E-state index >= 15 is 0 Å². The van der Waals surface area contributed by atoms with E-state index in [1.807, 2.05) is 44.7 Å². The number of hydrogen-bond acceptors (Lipinski definition) is 7. The fourth-order valence-corrected chi connectivity index (χ4v) is 7.75. The standard InChI is InChI=1S/C33H51N3O7/c1-20(2)16-22(18-37)36-27-29(40)35(32(7,8)19-31(4,5)6)15-11-14-33(27)26(28(36)39)25-23(43-33)12-9-10-13-24(38)34-17-21(3)42-30(25)41/h9,11-12,14,20-23,25-27,37H,10,13,15-19H2,1-8H3,(H,34,38)/b12-9-/t21-,22-,23-,25+,26+,27-,33+/m1/s1. The van der Waals surface area contributed by atoms with Gasteiger partial charge in [0.15, 0.2) is 0 Å². The van der Waals surface area contributed by atoms with Crippen molar-refractivity contribution in [3.8, 4) is 0 Å². The summed E-state index contributed by atoms with van der Waals surface area (Å²) in [6.45, 7) is 16.4. The molecule has 0 radical (unpaired) electrons. The van der Waals surface area contributed by atoms with Crippen LogP contribution in [0.15, 0.2) is 24.3 Å². The molecule has 0 aromatic carbocycles. The highest BCUT2D eigenvalue weighted by Crippen LogP contribution is 2.54. The van der Waals surface area contributed by atoms with Crippen LogP contribution in [-0.2, 0) is 28.7 Å². The molecule has 0 unspecified atom stereocenters. The van der Waals surface area contributed by atoms with Crippen molar-refractivity contribution in [1.29, 1.82) is 0 Å². The summed E-state index contributed by atoms with van der Waals surface area (Å²) < 4.78 is 12.5. The molecule has 240 valence electrons. The van der Waals surface area contributed by atoms with Crippen LogP contribution in [0.1, 0.15) is 81.1 Å². The molecular formula is C33H51N3O7. The summed E-state index contributed by atoms with van der Waals surface area (Å²) in [5, 5.41) is 13.4. The van der Waals surface area contributed by atoms with Crippen LogP contribution in [0.2, 0.25) is 0 Å². The van der Waals surface area contributed by atoms with Gasteiger partial charge in [-0.25, -0.2) is 0 Å². The first-order valence-electron chi connectivity index (χ1n) is 15.8. The summed E-state index contributed by atoms with van der Waals surface area (Å²) in [6, 6.07) is -1.69. The fraction of sp³-hybridized carbons (Fsp3) is 0.758. The Labute approximate surface area is 256 Å². The Morgan fingerprint density at radius 3 is 2.42 bits per heavy atom. The van der Waals surface area contributed by atoms with Crippen molar-refractivity contribution >= 4 is 23.7 Å². The number of rotatable bonds is 6. The SMILES string of the molecule is CC(C)C[C@H](CO)N1C(=O)[C@@H]2[C@H]3C(=O)O[C@H](C)CNC(=O)CC/C=C\[C@H]3O[C@@]23C=CCN(C(C)(C)CC(C)(C)C)C(=O)[C@@H]13. The van der Waals surface area contributed by atoms with Crippen LogP contribution >= 0.6 is 0 Å². The molecule has 7 atom stereocenters. The Hall–Kier alpha value is -2.72. The van der Waals surface area contributed by atoms with Crippen LogP contribution in [-0.4, -0.2) is 93.7 Å². The third kappa shape index (κ3) is 6.55. The van der Waals surface area contributed by atoms with E-state index in [-0.39, 0.29) is 48.6 Å². The van der Waals surface area contributed by atoms with Crippen molar-refractivity contribution in [2.75, 3.05) is 19.7 Å². The Bertz CT molecular complexity index is 1160. The summed E-state index contributed by atoms with van der Waals surface area (Å²) >= 11 is 0. The van der Waals surface area contributed by atoms with Crippen molar-refractivity contribution in [1.82, 2.24) is 15.1 Å². The number of carbonyl (C=O) groups excluding carboxylic acids is 4. The van der Waals surface area contributed by atoms with Gasteiger partial charge >= 0.3 is 5.97 Å². The lowest BCUT2D eigenvalue weighted by Crippen LogP contribution is -2.61. The van der Waals surface area contributed by atoms with Gasteiger partial charge in [-0.2, -0.15) is 0 Å². The van der Waals surface area contributed by atoms with Gasteiger partial charge in [-0.15, -0.1) is 0 Å². The summed E-state index contributed by atoms with van der Waals surface area (Å²) in [4.78, 5) is 58.8. The van der Waals surface area contributed by atoms with Gasteiger partial charge in [-0.05, 0) is 51.4 Å². The quantitative estimate of drug-likeness (QED) is 0.354. The number of nitrogens with zero attached hydrogens (tertiary/aromatic N) is 2. The molecule has 0 saturated carbocycles. The Morgan fingerprint density at radius 1 is 1.09 bits per heavy atom. The van der Waals surface area contributed by atoms with Crippen molar-refractivity contribution < 1.29 is 33.8 Å². The lowest BCUT2D eigenvalue weighted by atomic mass is 9.77. The molecule has 0 aromatic heterocycles. The number of amides is 3. The number of cyclic esters (lactones) is 1. The highest BCUT2D eigenvalue weighted by molar-refractivity contribution is 5.99. The van der Waals surface area contributed by atoms with Gasteiger partial charge < -0.3 is 29.7 Å². The average molecular weight is 602 g/mol. The van der Waals surface area contributed by atoms with Crippen LogP contribution in [0.3, 0.4) is 0 Å². The van der Waals surface area contributed by atoms with Crippen molar-refractivity contribution in [3.63, 3.8) is 0 Å². The predicted molar refractivity (Wildman–Crippen MR) is 161 cm³/mol. The highest BCUT2D eigenvalue weighted by Gasteiger charge is 2.73. The first-order valence-corrected chi connectivity index (χ1v) is 15.8. The normalized spacial score (nSPS) is 33.6. The summed E-state index contributed by atoms with van der Waals surface area (Å²) in [5.41, 5.74) is -2.05. The van der Waals surface area contributed by atoms with E-state index in [9.17, 15) is 24.3 Å². The molecular weight excluding hydrogens is 550 g/mol. The number of aliphatic hydroxyl groups is 1. The minimum absolute atomic E-state index is 0.0677. The molecule has 0 bridgehead atoms. The number of ether oxygens (including phenoxy) is 2. The summed E-state index contributed by atoms with van der Waals surface area (Å²) in [6.07, 6.45) is 7.69. The smallest absolute Gasteiger partial charge is 0.313 e. The second-order valence-corrected chi connectivity index (χ2v) is 15.0. The molecule has 4 aliphatic rings. The zero-order valence-corrected chi connectivity index (χ0v) is 27.1. The Kier molecular flexibility index (Phi) is 9.53. The van der Waals surface area contributed by atoms with E-state index < -0.39 is 53.2 Å². The molecule has 4 aliphatic heterocycles. The monoisotopic (exact) mass is 601 g/mol. The minimum atomic E-state index is -1.43. The molecule has 2 fully saturated rings. The van der Waals surface area contributed by atoms with Gasteiger partial charge in [-0.3, -0.25) is 19.2 Å². The number of esters is 1. The molecule has 10 heteroatoms. The Balaban J connectivity index is 1.85. The molecule has 0 aliphatic carbocycles. The maximum absolute atomic E-state index is 14.8. The maximum Gasteiger partial charge on any atom is 0.313 e. The van der Waals surface area contributed by atoms with E-state index in [0.717, 1.165) is 6.42 Å². The third-order valence-electron chi connectivity index (χ3n) is 9.01. The molecule has 4 heterocycles. The van der Waals surface area contributed by atoms with Crippen LogP contribution in [0.4, 0.5) is 0 Å². The largest absolute Gasteiger partial charge is 0.460 e. The first-order chi connectivity index (χ1) is 20.0.